The van der Waals surface area contributed by atoms with E-state index < -0.39 is 0 Å². The molecule has 3 heterocycles. The summed E-state index contributed by atoms with van der Waals surface area (Å²) in [6.45, 7) is 1.46. The fourth-order valence-electron chi connectivity index (χ4n) is 3.78. The zero-order valence-corrected chi connectivity index (χ0v) is 14.4. The van der Waals surface area contributed by atoms with Crippen LogP contribution in [0.2, 0.25) is 0 Å². The Bertz CT molecular complexity index is 717. The number of carbonyl (C=O) groups excluding carboxylic acids is 1. The quantitative estimate of drug-likeness (QED) is 0.930. The number of rotatable bonds is 3. The van der Waals surface area contributed by atoms with Crippen molar-refractivity contribution in [2.75, 3.05) is 18.4 Å². The fraction of sp³-hybridized carbons (Fsp3) is 0.611. The third-order valence-corrected chi connectivity index (χ3v) is 5.19. The lowest BCUT2D eigenvalue weighted by molar-refractivity contribution is -0.0510. The van der Waals surface area contributed by atoms with Gasteiger partial charge >= 0.3 is 6.03 Å². The van der Waals surface area contributed by atoms with Crippen LogP contribution in [0.5, 0.6) is 0 Å². The van der Waals surface area contributed by atoms with Crippen molar-refractivity contribution in [3.8, 4) is 0 Å². The van der Waals surface area contributed by atoms with Crippen LogP contribution in [-0.2, 0) is 4.74 Å². The van der Waals surface area contributed by atoms with Gasteiger partial charge in [0.1, 0.15) is 5.69 Å². The number of nitrogens with zero attached hydrogens (tertiary/aromatic N) is 4. The van der Waals surface area contributed by atoms with Crippen LogP contribution >= 0.6 is 0 Å². The van der Waals surface area contributed by atoms with Crippen LogP contribution in [0.4, 0.5) is 10.5 Å². The summed E-state index contributed by atoms with van der Waals surface area (Å²) < 4.78 is 7.89. The van der Waals surface area contributed by atoms with E-state index in [0.717, 1.165) is 25.9 Å². The molecule has 0 bridgehead atoms. The number of nitrogens with one attached hydrogen (secondary N) is 1. The number of carbonyl (C=O) groups is 1. The van der Waals surface area contributed by atoms with Gasteiger partial charge in [0, 0.05) is 25.5 Å². The van der Waals surface area contributed by atoms with Gasteiger partial charge in [-0.15, -0.1) is 0 Å². The average molecular weight is 343 g/mol. The van der Waals surface area contributed by atoms with Crippen LogP contribution in [0.1, 0.15) is 44.9 Å². The highest BCUT2D eigenvalue weighted by Crippen LogP contribution is 2.25. The van der Waals surface area contributed by atoms with Gasteiger partial charge in [-0.2, -0.15) is 5.10 Å². The number of likely N-dealkylation sites (tertiary alicyclic amines) is 1. The Labute approximate surface area is 147 Å². The predicted octanol–water partition coefficient (Wildman–Crippen LogP) is 3.07. The Morgan fingerprint density at radius 3 is 2.68 bits per heavy atom. The lowest BCUT2D eigenvalue weighted by atomic mass is 9.97. The monoisotopic (exact) mass is 343 g/mol. The van der Waals surface area contributed by atoms with E-state index in [-0.39, 0.29) is 6.03 Å². The molecule has 2 aliphatic rings. The summed E-state index contributed by atoms with van der Waals surface area (Å²) in [5.41, 5.74) is 1.30. The van der Waals surface area contributed by atoms with E-state index in [9.17, 15) is 4.79 Å². The SMILES string of the molecule is O=C(Nc1cnn2cccnc12)N1CCC(OC2CCCCC2)CC1. The second-order valence-corrected chi connectivity index (χ2v) is 6.96. The zero-order valence-electron chi connectivity index (χ0n) is 14.4. The van der Waals surface area contributed by atoms with Crippen molar-refractivity contribution < 1.29 is 9.53 Å². The molecule has 1 aliphatic heterocycles. The molecule has 0 spiro atoms. The Balaban J connectivity index is 1.29. The van der Waals surface area contributed by atoms with Crippen molar-refractivity contribution in [1.29, 1.82) is 0 Å². The third kappa shape index (κ3) is 3.76. The molecule has 7 heteroatoms. The lowest BCUT2D eigenvalue weighted by Crippen LogP contribution is -2.43. The number of fused-ring (bicyclic) bond motifs is 1. The van der Waals surface area contributed by atoms with Crippen LogP contribution in [0, 0.1) is 0 Å². The van der Waals surface area contributed by atoms with Gasteiger partial charge in [-0.3, -0.25) is 0 Å². The Morgan fingerprint density at radius 2 is 1.88 bits per heavy atom. The van der Waals surface area contributed by atoms with Crippen LogP contribution in [-0.4, -0.2) is 50.8 Å². The number of aromatic nitrogens is 3. The van der Waals surface area contributed by atoms with E-state index in [2.05, 4.69) is 15.4 Å². The maximum atomic E-state index is 12.5. The number of anilines is 1. The van der Waals surface area contributed by atoms with Gasteiger partial charge in [-0.1, -0.05) is 19.3 Å². The summed E-state index contributed by atoms with van der Waals surface area (Å²) in [5, 5.41) is 7.13. The summed E-state index contributed by atoms with van der Waals surface area (Å²) in [6.07, 6.45) is 14.0. The summed E-state index contributed by atoms with van der Waals surface area (Å²) in [4.78, 5) is 18.6. The largest absolute Gasteiger partial charge is 0.375 e. The number of hydrogen-bond donors (Lipinski definition) is 1. The van der Waals surface area contributed by atoms with Gasteiger partial charge in [-0.25, -0.2) is 14.3 Å². The maximum absolute atomic E-state index is 12.5. The topological polar surface area (TPSA) is 71.8 Å². The van der Waals surface area contributed by atoms with E-state index in [1.54, 1.807) is 16.9 Å². The molecule has 4 rings (SSSR count). The third-order valence-electron chi connectivity index (χ3n) is 5.19. The minimum Gasteiger partial charge on any atom is -0.375 e. The molecule has 1 saturated heterocycles. The highest BCUT2D eigenvalue weighted by atomic mass is 16.5. The van der Waals surface area contributed by atoms with Gasteiger partial charge in [0.2, 0.25) is 0 Å². The van der Waals surface area contributed by atoms with E-state index in [1.807, 2.05) is 17.2 Å². The Kier molecular flexibility index (Phi) is 4.83. The molecule has 1 saturated carbocycles. The highest BCUT2D eigenvalue weighted by Gasteiger charge is 2.26. The predicted molar refractivity (Wildman–Crippen MR) is 94.6 cm³/mol. The highest BCUT2D eigenvalue weighted by molar-refractivity contribution is 5.92. The van der Waals surface area contributed by atoms with Crippen molar-refractivity contribution >= 4 is 17.4 Å². The minimum atomic E-state index is -0.0864. The second kappa shape index (κ2) is 7.39. The molecule has 0 aromatic carbocycles. The summed E-state index contributed by atoms with van der Waals surface area (Å²) in [5.74, 6) is 0. The molecule has 2 aromatic heterocycles. The summed E-state index contributed by atoms with van der Waals surface area (Å²) >= 11 is 0. The van der Waals surface area contributed by atoms with Crippen molar-refractivity contribution in [2.45, 2.75) is 57.2 Å². The van der Waals surface area contributed by atoms with Crippen LogP contribution in [0.25, 0.3) is 5.65 Å². The second-order valence-electron chi connectivity index (χ2n) is 6.96. The van der Waals surface area contributed by atoms with E-state index >= 15 is 0 Å². The molecule has 7 nitrogen and oxygen atoms in total. The maximum Gasteiger partial charge on any atom is 0.321 e. The Hall–Kier alpha value is -2.15. The molecule has 0 unspecified atom stereocenters. The zero-order chi connectivity index (χ0) is 17.1. The number of urea groups is 1. The van der Waals surface area contributed by atoms with E-state index in [4.69, 9.17) is 4.74 Å². The lowest BCUT2D eigenvalue weighted by Gasteiger charge is -2.34. The first-order valence-electron chi connectivity index (χ1n) is 9.29. The molecule has 2 aromatic rings. The van der Waals surface area contributed by atoms with Crippen molar-refractivity contribution in [3.63, 3.8) is 0 Å². The van der Waals surface area contributed by atoms with Crippen molar-refractivity contribution in [2.24, 2.45) is 0 Å². The summed E-state index contributed by atoms with van der Waals surface area (Å²) in [6, 6.07) is 1.72. The molecule has 0 atom stereocenters. The van der Waals surface area contributed by atoms with Crippen LogP contribution in [0.15, 0.2) is 24.7 Å². The number of piperidine rings is 1. The van der Waals surface area contributed by atoms with E-state index in [0.29, 0.717) is 23.5 Å². The molecule has 1 N–H and O–H groups in total. The van der Waals surface area contributed by atoms with Crippen molar-refractivity contribution in [3.05, 3.63) is 24.7 Å². The first kappa shape index (κ1) is 16.3. The van der Waals surface area contributed by atoms with Gasteiger partial charge in [0.25, 0.3) is 0 Å². The van der Waals surface area contributed by atoms with Gasteiger partial charge < -0.3 is 15.0 Å². The Morgan fingerprint density at radius 1 is 1.12 bits per heavy atom. The fourth-order valence-corrected chi connectivity index (χ4v) is 3.78. The molecule has 2 fully saturated rings. The smallest absolute Gasteiger partial charge is 0.321 e. The molecule has 2 amide bonds. The van der Waals surface area contributed by atoms with E-state index in [1.165, 1.54) is 32.1 Å². The first-order chi connectivity index (χ1) is 12.3. The van der Waals surface area contributed by atoms with Crippen LogP contribution < -0.4 is 5.32 Å². The first-order valence-corrected chi connectivity index (χ1v) is 9.29. The summed E-state index contributed by atoms with van der Waals surface area (Å²) in [7, 11) is 0. The minimum absolute atomic E-state index is 0.0864. The van der Waals surface area contributed by atoms with Gasteiger partial charge in [0.05, 0.1) is 18.4 Å². The average Bonchev–Trinajstić information content (AvgIpc) is 3.06. The normalized spacial score (nSPS) is 20.1. The number of amides is 2. The number of ether oxygens (including phenoxy) is 1. The number of hydrogen-bond acceptors (Lipinski definition) is 4. The molecular formula is C18H25N5O2. The van der Waals surface area contributed by atoms with Crippen molar-refractivity contribution in [1.82, 2.24) is 19.5 Å². The van der Waals surface area contributed by atoms with Gasteiger partial charge in [-0.05, 0) is 31.7 Å². The molecule has 0 radical (unpaired) electrons. The molecule has 25 heavy (non-hydrogen) atoms. The molecule has 134 valence electrons. The molecule has 1 aliphatic carbocycles. The van der Waals surface area contributed by atoms with Gasteiger partial charge in [0.15, 0.2) is 5.65 Å². The molecular weight excluding hydrogens is 318 g/mol. The van der Waals surface area contributed by atoms with Crippen LogP contribution in [0.3, 0.4) is 0 Å². The standard InChI is InChI=1S/C18H25N5O2/c24-18(21-16-13-20-23-10-4-9-19-17(16)23)22-11-7-15(8-12-22)25-14-5-2-1-3-6-14/h4,9-10,13-15H,1-3,5-8,11-12H2,(H,21,24).